The van der Waals surface area contributed by atoms with Crippen molar-refractivity contribution in [3.05, 3.63) is 35.4 Å². The molecule has 0 saturated carbocycles. The van der Waals surface area contributed by atoms with Gasteiger partial charge in [-0.25, -0.2) is 0 Å². The second-order valence-electron chi connectivity index (χ2n) is 2.65. The molecule has 0 aliphatic heterocycles. The molecule has 0 bridgehead atoms. The normalized spacial score (nSPS) is 10.2. The van der Waals surface area contributed by atoms with Crippen LogP contribution in [0.5, 0.6) is 0 Å². The molecule has 13 heavy (non-hydrogen) atoms. The van der Waals surface area contributed by atoms with Crippen LogP contribution in [0, 0.1) is 0 Å². The van der Waals surface area contributed by atoms with Crippen LogP contribution in [0.25, 0.3) is 0 Å². The van der Waals surface area contributed by atoms with Crippen molar-refractivity contribution in [1.29, 1.82) is 0 Å². The average molecular weight is 176 g/mol. The zero-order valence-corrected chi connectivity index (χ0v) is 6.82. The third kappa shape index (κ3) is 1.48. The largest absolute Gasteiger partial charge is 0.365 e. The van der Waals surface area contributed by atoms with Gasteiger partial charge in [0.25, 0.3) is 0 Å². The van der Waals surface area contributed by atoms with Crippen molar-refractivity contribution in [2.75, 3.05) is 0 Å². The van der Waals surface area contributed by atoms with Gasteiger partial charge in [0.2, 0.25) is 0 Å². The Morgan fingerprint density at radius 3 is 3.08 bits per heavy atom. The lowest BCUT2D eigenvalue weighted by molar-refractivity contribution is 0.111. The van der Waals surface area contributed by atoms with Crippen molar-refractivity contribution >= 4 is 6.29 Å². The molecule has 0 unspecified atom stereocenters. The predicted octanol–water partition coefficient (Wildman–Crippen LogP) is 0.536. The summed E-state index contributed by atoms with van der Waals surface area (Å²) in [6, 6.07) is 3.83. The molecule has 0 amide bonds. The van der Waals surface area contributed by atoms with Crippen molar-refractivity contribution in [2.24, 2.45) is 0 Å². The van der Waals surface area contributed by atoms with E-state index in [1.807, 2.05) is 18.3 Å². The monoisotopic (exact) mass is 176 g/mol. The molecule has 0 fully saturated rings. The molecular formula is C8H8N4O. The summed E-state index contributed by atoms with van der Waals surface area (Å²) >= 11 is 0. The summed E-state index contributed by atoms with van der Waals surface area (Å²) in [7, 11) is 0. The molecule has 0 spiro atoms. The van der Waals surface area contributed by atoms with E-state index >= 15 is 0 Å². The number of rotatable bonds is 3. The fraction of sp³-hybridized carbons (Fsp3) is 0.125. The summed E-state index contributed by atoms with van der Waals surface area (Å²) in [4.78, 5) is 13.5. The van der Waals surface area contributed by atoms with Crippen LogP contribution in [0.3, 0.4) is 0 Å². The Balaban J connectivity index is 2.23. The molecule has 0 radical (unpaired) electrons. The van der Waals surface area contributed by atoms with Crippen molar-refractivity contribution in [3.63, 3.8) is 0 Å². The zero-order chi connectivity index (χ0) is 9.10. The molecule has 0 aliphatic carbocycles. The third-order valence-electron chi connectivity index (χ3n) is 1.78. The van der Waals surface area contributed by atoms with Crippen LogP contribution in [0.2, 0.25) is 0 Å². The van der Waals surface area contributed by atoms with Crippen molar-refractivity contribution < 1.29 is 4.79 Å². The molecule has 2 heterocycles. The summed E-state index contributed by atoms with van der Waals surface area (Å²) in [5.74, 6) is 0. The Hall–Kier alpha value is -1.91. The van der Waals surface area contributed by atoms with Crippen LogP contribution in [0.4, 0.5) is 0 Å². The molecule has 0 atom stereocenters. The van der Waals surface area contributed by atoms with E-state index in [9.17, 15) is 4.79 Å². The molecular weight excluding hydrogens is 168 g/mol. The third-order valence-corrected chi connectivity index (χ3v) is 1.78. The minimum absolute atomic E-state index is 0.370. The van der Waals surface area contributed by atoms with Crippen LogP contribution >= 0.6 is 0 Å². The lowest BCUT2D eigenvalue weighted by Crippen LogP contribution is -1.93. The molecule has 2 aromatic heterocycles. The first kappa shape index (κ1) is 7.72. The van der Waals surface area contributed by atoms with Crippen molar-refractivity contribution in [1.82, 2.24) is 20.4 Å². The number of aldehydes is 1. The second-order valence-corrected chi connectivity index (χ2v) is 2.65. The van der Waals surface area contributed by atoms with Gasteiger partial charge in [0.05, 0.1) is 5.69 Å². The summed E-state index contributed by atoms with van der Waals surface area (Å²) in [5.41, 5.74) is 2.05. The lowest BCUT2D eigenvalue weighted by Gasteiger charge is -1.92. The number of carbonyl (C=O) groups is 1. The fourth-order valence-corrected chi connectivity index (χ4v) is 1.14. The van der Waals surface area contributed by atoms with Gasteiger partial charge in [-0.3, -0.25) is 4.79 Å². The van der Waals surface area contributed by atoms with Crippen molar-refractivity contribution in [3.8, 4) is 0 Å². The van der Waals surface area contributed by atoms with Crippen LogP contribution < -0.4 is 0 Å². The molecule has 0 aromatic carbocycles. The summed E-state index contributed by atoms with van der Waals surface area (Å²) < 4.78 is 0. The van der Waals surface area contributed by atoms with Gasteiger partial charge >= 0.3 is 0 Å². The van der Waals surface area contributed by atoms with E-state index in [-0.39, 0.29) is 0 Å². The van der Waals surface area contributed by atoms with Crippen LogP contribution in [-0.4, -0.2) is 26.7 Å². The number of aromatic amines is 2. The van der Waals surface area contributed by atoms with E-state index in [0.29, 0.717) is 24.1 Å². The fourth-order valence-electron chi connectivity index (χ4n) is 1.14. The van der Waals surface area contributed by atoms with E-state index in [1.165, 1.54) is 0 Å². The highest BCUT2D eigenvalue weighted by atomic mass is 16.1. The first-order valence-corrected chi connectivity index (χ1v) is 3.87. The molecule has 2 N–H and O–H groups in total. The van der Waals surface area contributed by atoms with E-state index in [0.717, 1.165) is 5.69 Å². The zero-order valence-electron chi connectivity index (χ0n) is 6.82. The van der Waals surface area contributed by atoms with Gasteiger partial charge in [-0.05, 0) is 12.1 Å². The maximum absolute atomic E-state index is 10.5. The quantitative estimate of drug-likeness (QED) is 0.670. The Morgan fingerprint density at radius 2 is 2.38 bits per heavy atom. The smallest absolute Gasteiger partial charge is 0.172 e. The molecule has 5 heteroatoms. The predicted molar refractivity (Wildman–Crippen MR) is 45.4 cm³/mol. The van der Waals surface area contributed by atoms with E-state index in [4.69, 9.17) is 0 Å². The van der Waals surface area contributed by atoms with Gasteiger partial charge in [-0.1, -0.05) is 0 Å². The van der Waals surface area contributed by atoms with Crippen molar-refractivity contribution in [2.45, 2.75) is 6.42 Å². The Bertz CT molecular complexity index is 390. The number of hydrogen-bond donors (Lipinski definition) is 2. The van der Waals surface area contributed by atoms with Gasteiger partial charge in [-0.2, -0.15) is 15.4 Å². The maximum Gasteiger partial charge on any atom is 0.172 e. The molecule has 0 aliphatic rings. The molecule has 2 rings (SSSR count). The number of nitrogens with zero attached hydrogens (tertiary/aromatic N) is 2. The molecule has 5 nitrogen and oxygen atoms in total. The van der Waals surface area contributed by atoms with Gasteiger partial charge in [0, 0.05) is 18.3 Å². The lowest BCUT2D eigenvalue weighted by atomic mass is 10.2. The first-order chi connectivity index (χ1) is 6.40. The van der Waals surface area contributed by atoms with Gasteiger partial charge in [-0.15, -0.1) is 0 Å². The highest BCUT2D eigenvalue weighted by molar-refractivity contribution is 5.73. The number of hydrogen-bond acceptors (Lipinski definition) is 3. The second kappa shape index (κ2) is 3.22. The van der Waals surface area contributed by atoms with Gasteiger partial charge in [0.1, 0.15) is 5.69 Å². The highest BCUT2D eigenvalue weighted by Gasteiger charge is 2.07. The number of nitrogens with one attached hydrogen (secondary N) is 2. The Kier molecular flexibility index (Phi) is 1.91. The first-order valence-electron chi connectivity index (χ1n) is 3.87. The SMILES string of the molecule is O=Cc1n[nH]nc1Cc1ccc[nH]1. The number of H-pyrrole nitrogens is 2. The molecule has 0 saturated heterocycles. The van der Waals surface area contributed by atoms with Crippen LogP contribution in [0.1, 0.15) is 21.9 Å². The van der Waals surface area contributed by atoms with E-state index < -0.39 is 0 Å². The number of carbonyl (C=O) groups excluding carboxylic acids is 1. The Morgan fingerprint density at radius 1 is 1.46 bits per heavy atom. The topological polar surface area (TPSA) is 74.4 Å². The van der Waals surface area contributed by atoms with Gasteiger partial charge < -0.3 is 4.98 Å². The van der Waals surface area contributed by atoms with E-state index in [2.05, 4.69) is 20.4 Å². The maximum atomic E-state index is 10.5. The highest BCUT2D eigenvalue weighted by Crippen LogP contribution is 2.05. The minimum atomic E-state index is 0.370. The van der Waals surface area contributed by atoms with Crippen LogP contribution in [-0.2, 0) is 6.42 Å². The summed E-state index contributed by atoms with van der Waals surface area (Å²) in [5, 5.41) is 9.99. The van der Waals surface area contributed by atoms with Gasteiger partial charge in [0.15, 0.2) is 6.29 Å². The van der Waals surface area contributed by atoms with Crippen LogP contribution in [0.15, 0.2) is 18.3 Å². The standard InChI is InChI=1S/C8H8N4O/c13-5-8-7(10-12-11-8)4-6-2-1-3-9-6/h1-3,5,9H,4H2,(H,10,11,12). The number of aromatic nitrogens is 4. The summed E-state index contributed by atoms with van der Waals surface area (Å²) in [6.45, 7) is 0. The average Bonchev–Trinajstić information content (AvgIpc) is 2.76. The molecule has 66 valence electrons. The minimum Gasteiger partial charge on any atom is -0.365 e. The van der Waals surface area contributed by atoms with E-state index in [1.54, 1.807) is 0 Å². The summed E-state index contributed by atoms with van der Waals surface area (Å²) in [6.07, 6.45) is 3.12. The Labute approximate surface area is 74.2 Å². The molecule has 2 aromatic rings.